The van der Waals surface area contributed by atoms with Gasteiger partial charge < -0.3 is 10.2 Å². The summed E-state index contributed by atoms with van der Waals surface area (Å²) in [4.78, 5) is 0. The molecule has 0 radical (unpaired) electrons. The second-order valence-corrected chi connectivity index (χ2v) is 4.82. The standard InChI is InChI=1S/C16H13F2NO/c1-9-6-10(2-4-13(9)18)16(19)15-8-11-7-12(17)3-5-14(11)20-15/h2-8,16H,19H2,1H3. The van der Waals surface area contributed by atoms with Gasteiger partial charge in [-0.05, 0) is 48.4 Å². The van der Waals surface area contributed by atoms with Gasteiger partial charge in [0, 0.05) is 5.39 Å². The molecule has 0 amide bonds. The third-order valence-corrected chi connectivity index (χ3v) is 3.35. The molecule has 2 aromatic carbocycles. The summed E-state index contributed by atoms with van der Waals surface area (Å²) in [6.45, 7) is 1.68. The number of nitrogens with two attached hydrogens (primary N) is 1. The molecule has 0 aliphatic heterocycles. The Balaban J connectivity index is 2.02. The molecule has 1 aromatic heterocycles. The lowest BCUT2D eigenvalue weighted by atomic mass is 10.0. The fraction of sp³-hybridized carbons (Fsp3) is 0.125. The minimum atomic E-state index is -0.509. The van der Waals surface area contributed by atoms with Gasteiger partial charge in [0.05, 0.1) is 6.04 Å². The van der Waals surface area contributed by atoms with Crippen molar-refractivity contribution in [3.63, 3.8) is 0 Å². The predicted molar refractivity (Wildman–Crippen MR) is 73.3 cm³/mol. The first-order chi connectivity index (χ1) is 9.54. The Morgan fingerprint density at radius 3 is 2.60 bits per heavy atom. The highest BCUT2D eigenvalue weighted by Crippen LogP contribution is 2.28. The Morgan fingerprint density at radius 1 is 1.05 bits per heavy atom. The highest BCUT2D eigenvalue weighted by molar-refractivity contribution is 5.78. The maximum absolute atomic E-state index is 13.3. The number of fused-ring (bicyclic) bond motifs is 1. The molecule has 102 valence electrons. The molecule has 0 fully saturated rings. The van der Waals surface area contributed by atoms with E-state index in [1.54, 1.807) is 31.2 Å². The summed E-state index contributed by atoms with van der Waals surface area (Å²) < 4.78 is 32.0. The van der Waals surface area contributed by atoms with Crippen LogP contribution in [0.1, 0.15) is 22.9 Å². The quantitative estimate of drug-likeness (QED) is 0.764. The molecule has 0 saturated carbocycles. The number of halogens is 2. The van der Waals surface area contributed by atoms with E-state index in [9.17, 15) is 8.78 Å². The fourth-order valence-corrected chi connectivity index (χ4v) is 2.21. The zero-order valence-electron chi connectivity index (χ0n) is 10.9. The van der Waals surface area contributed by atoms with Crippen molar-refractivity contribution in [2.24, 2.45) is 5.73 Å². The van der Waals surface area contributed by atoms with Gasteiger partial charge in [-0.25, -0.2) is 8.78 Å². The van der Waals surface area contributed by atoms with Gasteiger partial charge in [0.2, 0.25) is 0 Å². The molecule has 0 aliphatic rings. The molecule has 1 unspecified atom stereocenters. The molecule has 1 heterocycles. The summed E-state index contributed by atoms with van der Waals surface area (Å²) >= 11 is 0. The van der Waals surface area contributed by atoms with Crippen molar-refractivity contribution in [1.82, 2.24) is 0 Å². The van der Waals surface area contributed by atoms with E-state index < -0.39 is 6.04 Å². The summed E-state index contributed by atoms with van der Waals surface area (Å²) in [5.74, 6) is -0.0692. The van der Waals surface area contributed by atoms with Crippen LogP contribution in [0.25, 0.3) is 11.0 Å². The van der Waals surface area contributed by atoms with E-state index in [4.69, 9.17) is 10.2 Å². The van der Waals surface area contributed by atoms with Gasteiger partial charge in [-0.3, -0.25) is 0 Å². The molecule has 3 rings (SSSR count). The molecule has 0 aliphatic carbocycles. The van der Waals surface area contributed by atoms with Crippen LogP contribution in [0.4, 0.5) is 8.78 Å². The van der Waals surface area contributed by atoms with Gasteiger partial charge in [0.15, 0.2) is 0 Å². The first-order valence-corrected chi connectivity index (χ1v) is 6.25. The minimum absolute atomic E-state index is 0.271. The van der Waals surface area contributed by atoms with Crippen LogP contribution in [-0.2, 0) is 0 Å². The molecule has 4 heteroatoms. The van der Waals surface area contributed by atoms with Crippen LogP contribution >= 0.6 is 0 Å². The van der Waals surface area contributed by atoms with E-state index in [2.05, 4.69) is 0 Å². The largest absolute Gasteiger partial charge is 0.459 e. The Morgan fingerprint density at radius 2 is 1.85 bits per heavy atom. The second kappa shape index (κ2) is 4.72. The van der Waals surface area contributed by atoms with Crippen molar-refractivity contribution in [1.29, 1.82) is 0 Å². The number of hydrogen-bond donors (Lipinski definition) is 1. The average Bonchev–Trinajstić information content (AvgIpc) is 2.84. The highest BCUT2D eigenvalue weighted by atomic mass is 19.1. The van der Waals surface area contributed by atoms with Crippen LogP contribution in [0.2, 0.25) is 0 Å². The molecule has 3 aromatic rings. The SMILES string of the molecule is Cc1cc(C(N)c2cc3cc(F)ccc3o2)ccc1F. The molecule has 20 heavy (non-hydrogen) atoms. The second-order valence-electron chi connectivity index (χ2n) is 4.82. The van der Waals surface area contributed by atoms with Crippen LogP contribution in [0, 0.1) is 18.6 Å². The van der Waals surface area contributed by atoms with Crippen LogP contribution in [0.3, 0.4) is 0 Å². The maximum atomic E-state index is 13.3. The number of aryl methyl sites for hydroxylation is 1. The lowest BCUT2D eigenvalue weighted by Gasteiger charge is -2.10. The van der Waals surface area contributed by atoms with Crippen molar-refractivity contribution in [3.8, 4) is 0 Å². The number of benzene rings is 2. The summed E-state index contributed by atoms with van der Waals surface area (Å²) in [5.41, 5.74) is 7.99. The van der Waals surface area contributed by atoms with Crippen molar-refractivity contribution in [2.45, 2.75) is 13.0 Å². The molecule has 2 N–H and O–H groups in total. The molecular formula is C16H13F2NO. The normalized spacial score (nSPS) is 12.8. The van der Waals surface area contributed by atoms with Crippen molar-refractivity contribution >= 4 is 11.0 Å². The molecule has 2 nitrogen and oxygen atoms in total. The molecule has 0 spiro atoms. The molecule has 0 saturated heterocycles. The summed E-state index contributed by atoms with van der Waals surface area (Å²) in [6.07, 6.45) is 0. The number of rotatable bonds is 2. The van der Waals surface area contributed by atoms with Gasteiger partial charge >= 0.3 is 0 Å². The van der Waals surface area contributed by atoms with E-state index in [1.807, 2.05) is 0 Å². The van der Waals surface area contributed by atoms with E-state index in [1.165, 1.54) is 18.2 Å². The Bertz CT molecular complexity index is 779. The first kappa shape index (κ1) is 12.8. The van der Waals surface area contributed by atoms with Crippen LogP contribution in [0.15, 0.2) is 46.9 Å². The number of hydrogen-bond acceptors (Lipinski definition) is 2. The lowest BCUT2D eigenvalue weighted by molar-refractivity contribution is 0.523. The maximum Gasteiger partial charge on any atom is 0.134 e. The zero-order valence-corrected chi connectivity index (χ0v) is 10.9. The first-order valence-electron chi connectivity index (χ1n) is 6.25. The van der Waals surface area contributed by atoms with Crippen LogP contribution < -0.4 is 5.73 Å². The smallest absolute Gasteiger partial charge is 0.134 e. The fourth-order valence-electron chi connectivity index (χ4n) is 2.21. The van der Waals surface area contributed by atoms with Gasteiger partial charge in [0.1, 0.15) is 23.0 Å². The van der Waals surface area contributed by atoms with E-state index >= 15 is 0 Å². The third kappa shape index (κ3) is 2.18. The average molecular weight is 273 g/mol. The zero-order chi connectivity index (χ0) is 14.3. The van der Waals surface area contributed by atoms with Gasteiger partial charge in [-0.15, -0.1) is 0 Å². The van der Waals surface area contributed by atoms with Crippen molar-refractivity contribution < 1.29 is 13.2 Å². The van der Waals surface area contributed by atoms with Crippen LogP contribution in [0.5, 0.6) is 0 Å². The summed E-state index contributed by atoms with van der Waals surface area (Å²) in [7, 11) is 0. The van der Waals surface area contributed by atoms with Crippen molar-refractivity contribution in [2.75, 3.05) is 0 Å². The molecule has 0 bridgehead atoms. The minimum Gasteiger partial charge on any atom is -0.459 e. The van der Waals surface area contributed by atoms with E-state index in [-0.39, 0.29) is 11.6 Å². The topological polar surface area (TPSA) is 39.2 Å². The Hall–Kier alpha value is -2.20. The highest BCUT2D eigenvalue weighted by Gasteiger charge is 2.15. The summed E-state index contributed by atoms with van der Waals surface area (Å²) in [6, 6.07) is 10.2. The number of furan rings is 1. The molecular weight excluding hydrogens is 260 g/mol. The Kier molecular flexibility index (Phi) is 3.03. The van der Waals surface area contributed by atoms with E-state index in [0.717, 1.165) is 5.56 Å². The Labute approximate surface area is 114 Å². The van der Waals surface area contributed by atoms with E-state index in [0.29, 0.717) is 22.3 Å². The summed E-state index contributed by atoms with van der Waals surface area (Å²) in [5, 5.41) is 0.661. The third-order valence-electron chi connectivity index (χ3n) is 3.35. The van der Waals surface area contributed by atoms with Gasteiger partial charge in [0.25, 0.3) is 0 Å². The van der Waals surface area contributed by atoms with Gasteiger partial charge in [-0.2, -0.15) is 0 Å². The lowest BCUT2D eigenvalue weighted by Crippen LogP contribution is -2.11. The predicted octanol–water partition coefficient (Wildman–Crippen LogP) is 4.07. The van der Waals surface area contributed by atoms with Crippen LogP contribution in [-0.4, -0.2) is 0 Å². The van der Waals surface area contributed by atoms with Gasteiger partial charge in [-0.1, -0.05) is 12.1 Å². The molecule has 1 atom stereocenters. The van der Waals surface area contributed by atoms with Crippen molar-refractivity contribution in [3.05, 3.63) is 71.0 Å². The monoisotopic (exact) mass is 273 g/mol.